The number of rotatable bonds is 12. The van der Waals surface area contributed by atoms with E-state index in [4.69, 9.17) is 25.8 Å². The molecule has 0 bridgehead atoms. The lowest BCUT2D eigenvalue weighted by Crippen LogP contribution is -2.13. The number of nitrogens with zero attached hydrogens (tertiary/aromatic N) is 3. The summed E-state index contributed by atoms with van der Waals surface area (Å²) in [5, 5.41) is 22.1. The standard InChI is InChI=1S/C26H27ClN4O4S/c1-4-5-6-24-30-31-26(36-24)29-25(32)19(16-28)14-18-7-10-22(23(15-18)33-3)35-12-11-34-20-8-9-21(27)17(2)13-20/h7-10,13-15H,4-6,11-12H2,1-3H3,(H,29,31,32). The molecule has 1 aromatic heterocycles. The zero-order valence-corrected chi connectivity index (χ0v) is 21.9. The number of halogens is 1. The highest BCUT2D eigenvalue weighted by molar-refractivity contribution is 7.15. The normalized spacial score (nSPS) is 11.0. The van der Waals surface area contributed by atoms with Crippen molar-refractivity contribution in [3.8, 4) is 23.3 Å². The van der Waals surface area contributed by atoms with E-state index in [-0.39, 0.29) is 5.57 Å². The zero-order valence-electron chi connectivity index (χ0n) is 20.3. The van der Waals surface area contributed by atoms with Crippen LogP contribution in [0.5, 0.6) is 17.2 Å². The second-order valence-electron chi connectivity index (χ2n) is 7.75. The minimum absolute atomic E-state index is 0.0670. The largest absolute Gasteiger partial charge is 0.493 e. The van der Waals surface area contributed by atoms with Crippen LogP contribution in [-0.4, -0.2) is 36.4 Å². The molecule has 0 radical (unpaired) electrons. The molecule has 0 aliphatic heterocycles. The molecule has 0 atom stereocenters. The molecule has 0 aliphatic carbocycles. The number of amides is 1. The summed E-state index contributed by atoms with van der Waals surface area (Å²) >= 11 is 7.34. The van der Waals surface area contributed by atoms with Crippen LogP contribution in [0.1, 0.15) is 35.9 Å². The van der Waals surface area contributed by atoms with Crippen LogP contribution in [0, 0.1) is 18.3 Å². The fourth-order valence-corrected chi connectivity index (χ4v) is 4.02. The summed E-state index contributed by atoms with van der Waals surface area (Å²) in [6, 6.07) is 12.5. The Hall–Kier alpha value is -3.61. The molecule has 0 unspecified atom stereocenters. The van der Waals surface area contributed by atoms with Gasteiger partial charge in [0.1, 0.15) is 35.6 Å². The van der Waals surface area contributed by atoms with E-state index in [9.17, 15) is 10.1 Å². The van der Waals surface area contributed by atoms with Gasteiger partial charge in [0.15, 0.2) is 11.5 Å². The smallest absolute Gasteiger partial charge is 0.268 e. The van der Waals surface area contributed by atoms with Crippen molar-refractivity contribution in [1.82, 2.24) is 10.2 Å². The first-order valence-corrected chi connectivity index (χ1v) is 12.6. The van der Waals surface area contributed by atoms with Gasteiger partial charge in [-0.2, -0.15) is 5.26 Å². The molecule has 0 fully saturated rings. The molecule has 36 heavy (non-hydrogen) atoms. The molecule has 1 N–H and O–H groups in total. The number of hydrogen-bond acceptors (Lipinski definition) is 8. The Morgan fingerprint density at radius 1 is 1.17 bits per heavy atom. The molecule has 0 spiro atoms. The van der Waals surface area contributed by atoms with E-state index in [0.717, 1.165) is 29.8 Å². The lowest BCUT2D eigenvalue weighted by atomic mass is 10.1. The van der Waals surface area contributed by atoms with Crippen molar-refractivity contribution in [3.63, 3.8) is 0 Å². The number of unbranched alkanes of at least 4 members (excludes halogenated alkanes) is 1. The summed E-state index contributed by atoms with van der Waals surface area (Å²) in [6.45, 7) is 4.63. The lowest BCUT2D eigenvalue weighted by molar-refractivity contribution is -0.112. The maximum atomic E-state index is 12.6. The van der Waals surface area contributed by atoms with Gasteiger partial charge in [-0.1, -0.05) is 42.3 Å². The third-order valence-corrected chi connectivity index (χ3v) is 6.36. The Morgan fingerprint density at radius 3 is 2.69 bits per heavy atom. The maximum Gasteiger partial charge on any atom is 0.268 e. The Kier molecular flexibility index (Phi) is 10.1. The van der Waals surface area contributed by atoms with Gasteiger partial charge in [-0.25, -0.2) is 0 Å². The maximum absolute atomic E-state index is 12.6. The van der Waals surface area contributed by atoms with Gasteiger partial charge in [0.2, 0.25) is 5.13 Å². The minimum Gasteiger partial charge on any atom is -0.493 e. The second kappa shape index (κ2) is 13.5. The van der Waals surface area contributed by atoms with E-state index in [1.54, 1.807) is 30.3 Å². The Bertz CT molecular complexity index is 1270. The van der Waals surface area contributed by atoms with Crippen molar-refractivity contribution in [2.45, 2.75) is 33.1 Å². The fourth-order valence-electron chi connectivity index (χ4n) is 3.12. The highest BCUT2D eigenvalue weighted by Crippen LogP contribution is 2.29. The van der Waals surface area contributed by atoms with Crippen molar-refractivity contribution in [3.05, 3.63) is 63.1 Å². The summed E-state index contributed by atoms with van der Waals surface area (Å²) in [4.78, 5) is 12.6. The van der Waals surface area contributed by atoms with E-state index < -0.39 is 5.91 Å². The summed E-state index contributed by atoms with van der Waals surface area (Å²) in [5.74, 6) is 1.14. The van der Waals surface area contributed by atoms with Crippen LogP contribution in [-0.2, 0) is 11.2 Å². The van der Waals surface area contributed by atoms with E-state index in [0.29, 0.717) is 46.2 Å². The summed E-state index contributed by atoms with van der Waals surface area (Å²) in [5.41, 5.74) is 1.48. The zero-order chi connectivity index (χ0) is 25.9. The van der Waals surface area contributed by atoms with Gasteiger partial charge in [0.05, 0.1) is 7.11 Å². The molecular weight excluding hydrogens is 500 g/mol. The predicted molar refractivity (Wildman–Crippen MR) is 141 cm³/mol. The third-order valence-electron chi connectivity index (χ3n) is 5.03. The number of nitriles is 1. The minimum atomic E-state index is -0.551. The first-order valence-electron chi connectivity index (χ1n) is 11.4. The summed E-state index contributed by atoms with van der Waals surface area (Å²) in [6.07, 6.45) is 4.34. The average molecular weight is 527 g/mol. The number of nitrogens with one attached hydrogen (secondary N) is 1. The number of carbonyl (C=O) groups excluding carboxylic acids is 1. The Balaban J connectivity index is 1.60. The molecule has 188 valence electrons. The molecular formula is C26H27ClN4O4S. The summed E-state index contributed by atoms with van der Waals surface area (Å²) < 4.78 is 16.9. The quantitative estimate of drug-likeness (QED) is 0.179. The van der Waals surface area contributed by atoms with Crippen LogP contribution < -0.4 is 19.5 Å². The fraction of sp³-hybridized carbons (Fsp3) is 0.308. The van der Waals surface area contributed by atoms with Gasteiger partial charge in [-0.05, 0) is 60.9 Å². The number of anilines is 1. The number of methoxy groups -OCH3 is 1. The second-order valence-corrected chi connectivity index (χ2v) is 9.22. The van der Waals surface area contributed by atoms with Gasteiger partial charge in [0, 0.05) is 11.4 Å². The number of hydrogen-bond donors (Lipinski definition) is 1. The average Bonchev–Trinajstić information content (AvgIpc) is 3.33. The van der Waals surface area contributed by atoms with E-state index in [1.807, 2.05) is 19.1 Å². The van der Waals surface area contributed by atoms with Crippen molar-refractivity contribution in [2.75, 3.05) is 25.6 Å². The highest BCUT2D eigenvalue weighted by Gasteiger charge is 2.14. The third kappa shape index (κ3) is 7.70. The monoisotopic (exact) mass is 526 g/mol. The van der Waals surface area contributed by atoms with Crippen LogP contribution in [0.4, 0.5) is 5.13 Å². The van der Waals surface area contributed by atoms with Gasteiger partial charge in [-0.15, -0.1) is 10.2 Å². The van der Waals surface area contributed by atoms with Crippen LogP contribution in [0.15, 0.2) is 42.0 Å². The van der Waals surface area contributed by atoms with Gasteiger partial charge in [0.25, 0.3) is 5.91 Å². The lowest BCUT2D eigenvalue weighted by Gasteiger charge is -2.12. The SMILES string of the molecule is CCCCc1nnc(NC(=O)C(C#N)=Cc2ccc(OCCOc3ccc(Cl)c(C)c3)c(OC)c2)s1. The highest BCUT2D eigenvalue weighted by atomic mass is 35.5. The Labute approximate surface area is 219 Å². The first-order chi connectivity index (χ1) is 17.4. The van der Waals surface area contributed by atoms with E-state index >= 15 is 0 Å². The molecule has 10 heteroatoms. The van der Waals surface area contributed by atoms with Gasteiger partial charge >= 0.3 is 0 Å². The molecule has 3 aromatic rings. The molecule has 3 rings (SSSR count). The van der Waals surface area contributed by atoms with Gasteiger partial charge < -0.3 is 14.2 Å². The number of ether oxygens (including phenoxy) is 3. The van der Waals surface area contributed by atoms with Crippen molar-refractivity contribution >= 4 is 40.1 Å². The predicted octanol–water partition coefficient (Wildman–Crippen LogP) is 5.85. The molecule has 0 aliphatic rings. The molecule has 1 heterocycles. The number of benzene rings is 2. The van der Waals surface area contributed by atoms with Crippen LogP contribution in [0.3, 0.4) is 0 Å². The van der Waals surface area contributed by atoms with Crippen molar-refractivity contribution < 1.29 is 19.0 Å². The Morgan fingerprint density at radius 2 is 1.97 bits per heavy atom. The number of carbonyl (C=O) groups is 1. The molecule has 2 aromatic carbocycles. The van der Waals surface area contributed by atoms with Gasteiger partial charge in [-0.3, -0.25) is 10.1 Å². The topological polar surface area (TPSA) is 106 Å². The van der Waals surface area contributed by atoms with Crippen molar-refractivity contribution in [2.24, 2.45) is 0 Å². The molecule has 8 nitrogen and oxygen atoms in total. The first kappa shape index (κ1) is 27.0. The number of aromatic nitrogens is 2. The van der Waals surface area contributed by atoms with E-state index in [1.165, 1.54) is 24.5 Å². The molecule has 0 saturated heterocycles. The summed E-state index contributed by atoms with van der Waals surface area (Å²) in [7, 11) is 1.52. The molecule has 0 saturated carbocycles. The number of aryl methyl sites for hydroxylation is 2. The molecule has 1 amide bonds. The van der Waals surface area contributed by atoms with Crippen LogP contribution in [0.2, 0.25) is 5.02 Å². The van der Waals surface area contributed by atoms with Crippen LogP contribution >= 0.6 is 22.9 Å². The van der Waals surface area contributed by atoms with Crippen LogP contribution in [0.25, 0.3) is 6.08 Å². The van der Waals surface area contributed by atoms with E-state index in [2.05, 4.69) is 22.4 Å². The van der Waals surface area contributed by atoms with Crippen molar-refractivity contribution in [1.29, 1.82) is 5.26 Å².